The summed E-state index contributed by atoms with van der Waals surface area (Å²) in [6.07, 6.45) is 0.718. The number of carbonyl (C=O) groups excluding carboxylic acids is 2. The molecule has 2 unspecified atom stereocenters. The fourth-order valence-electron chi connectivity index (χ4n) is 2.60. The van der Waals surface area contributed by atoms with Gasteiger partial charge in [-0.1, -0.05) is 24.3 Å². The lowest BCUT2D eigenvalue weighted by molar-refractivity contribution is -0.117. The van der Waals surface area contributed by atoms with E-state index in [0.29, 0.717) is 5.69 Å². The van der Waals surface area contributed by atoms with Crippen molar-refractivity contribution in [1.82, 2.24) is 0 Å². The highest BCUT2D eigenvalue weighted by molar-refractivity contribution is 6.04. The molecular formula is C17H15FN2O2. The van der Waals surface area contributed by atoms with Gasteiger partial charge >= 0.3 is 0 Å². The first-order valence-corrected chi connectivity index (χ1v) is 7.01. The van der Waals surface area contributed by atoms with E-state index in [1.807, 2.05) is 0 Å². The number of carbonyl (C=O) groups is 2. The summed E-state index contributed by atoms with van der Waals surface area (Å²) in [4.78, 5) is 23.6. The van der Waals surface area contributed by atoms with Gasteiger partial charge in [0.2, 0.25) is 5.91 Å². The standard InChI is InChI=1S/C17H15FN2O2/c18-11-7-5-10(6-8-11)13-9-14(13)17(22)20-15-4-2-1-3-12(15)16(19)21/h1-8,13-14H,9H2,(H2,19,21)(H,20,22). The van der Waals surface area contributed by atoms with Crippen LogP contribution in [0.1, 0.15) is 28.3 Å². The molecule has 0 saturated heterocycles. The molecule has 2 aromatic rings. The molecule has 22 heavy (non-hydrogen) atoms. The van der Waals surface area contributed by atoms with Crippen molar-refractivity contribution in [3.63, 3.8) is 0 Å². The number of para-hydroxylation sites is 1. The molecule has 4 nitrogen and oxygen atoms in total. The highest BCUT2D eigenvalue weighted by Crippen LogP contribution is 2.48. The van der Waals surface area contributed by atoms with Gasteiger partial charge < -0.3 is 11.1 Å². The van der Waals surface area contributed by atoms with Crippen molar-refractivity contribution >= 4 is 17.5 Å². The van der Waals surface area contributed by atoms with Crippen molar-refractivity contribution in [2.24, 2.45) is 11.7 Å². The maximum Gasteiger partial charge on any atom is 0.250 e. The minimum Gasteiger partial charge on any atom is -0.366 e. The molecule has 3 N–H and O–H groups in total. The predicted molar refractivity (Wildman–Crippen MR) is 80.8 cm³/mol. The van der Waals surface area contributed by atoms with E-state index in [1.165, 1.54) is 12.1 Å². The molecule has 5 heteroatoms. The van der Waals surface area contributed by atoms with E-state index in [9.17, 15) is 14.0 Å². The van der Waals surface area contributed by atoms with Gasteiger partial charge in [-0.05, 0) is 42.2 Å². The Hall–Kier alpha value is -2.69. The van der Waals surface area contributed by atoms with E-state index in [2.05, 4.69) is 5.32 Å². The first-order chi connectivity index (χ1) is 10.6. The Morgan fingerprint density at radius 1 is 1.09 bits per heavy atom. The molecule has 1 aliphatic carbocycles. The molecule has 2 amide bonds. The molecule has 112 valence electrons. The lowest BCUT2D eigenvalue weighted by Crippen LogP contribution is -2.19. The fourth-order valence-corrected chi connectivity index (χ4v) is 2.60. The lowest BCUT2D eigenvalue weighted by Gasteiger charge is -2.08. The molecule has 2 atom stereocenters. The van der Waals surface area contributed by atoms with Gasteiger partial charge in [0.05, 0.1) is 11.3 Å². The van der Waals surface area contributed by atoms with Crippen LogP contribution < -0.4 is 11.1 Å². The second-order valence-corrected chi connectivity index (χ2v) is 5.40. The van der Waals surface area contributed by atoms with Crippen molar-refractivity contribution in [1.29, 1.82) is 0 Å². The monoisotopic (exact) mass is 298 g/mol. The molecule has 0 aliphatic heterocycles. The van der Waals surface area contributed by atoms with Crippen LogP contribution in [0.5, 0.6) is 0 Å². The van der Waals surface area contributed by atoms with Crippen LogP contribution in [0.3, 0.4) is 0 Å². The molecule has 0 bridgehead atoms. The molecule has 2 aromatic carbocycles. The van der Waals surface area contributed by atoms with E-state index < -0.39 is 5.91 Å². The maximum atomic E-state index is 12.9. The highest BCUT2D eigenvalue weighted by Gasteiger charge is 2.44. The number of hydrogen-bond donors (Lipinski definition) is 2. The Morgan fingerprint density at radius 2 is 1.77 bits per heavy atom. The van der Waals surface area contributed by atoms with Crippen molar-refractivity contribution in [3.8, 4) is 0 Å². The number of hydrogen-bond acceptors (Lipinski definition) is 2. The van der Waals surface area contributed by atoms with E-state index in [1.54, 1.807) is 36.4 Å². The van der Waals surface area contributed by atoms with Gasteiger partial charge in [-0.3, -0.25) is 9.59 Å². The zero-order chi connectivity index (χ0) is 15.7. The van der Waals surface area contributed by atoms with Crippen LogP contribution in [0.25, 0.3) is 0 Å². The largest absolute Gasteiger partial charge is 0.366 e. The van der Waals surface area contributed by atoms with Crippen molar-refractivity contribution in [3.05, 3.63) is 65.5 Å². The lowest BCUT2D eigenvalue weighted by atomic mass is 10.1. The summed E-state index contributed by atoms with van der Waals surface area (Å²) in [5.74, 6) is -1.08. The third-order valence-corrected chi connectivity index (χ3v) is 3.88. The summed E-state index contributed by atoms with van der Waals surface area (Å²) in [6.45, 7) is 0. The number of rotatable bonds is 4. The number of anilines is 1. The second kappa shape index (κ2) is 5.60. The van der Waals surface area contributed by atoms with Gasteiger partial charge in [0.25, 0.3) is 5.91 Å². The van der Waals surface area contributed by atoms with Crippen molar-refractivity contribution < 1.29 is 14.0 Å². The molecule has 1 saturated carbocycles. The Bertz CT molecular complexity index is 728. The van der Waals surface area contributed by atoms with E-state index in [0.717, 1.165) is 12.0 Å². The molecule has 0 aromatic heterocycles. The highest BCUT2D eigenvalue weighted by atomic mass is 19.1. The van der Waals surface area contributed by atoms with Gasteiger partial charge in [-0.2, -0.15) is 0 Å². The average Bonchev–Trinajstić information content (AvgIpc) is 3.29. The molecule has 1 fully saturated rings. The number of benzene rings is 2. The third-order valence-electron chi connectivity index (χ3n) is 3.88. The zero-order valence-corrected chi connectivity index (χ0v) is 11.8. The number of primary amides is 1. The first-order valence-electron chi connectivity index (χ1n) is 7.01. The fraction of sp³-hybridized carbons (Fsp3) is 0.176. The zero-order valence-electron chi connectivity index (χ0n) is 11.8. The van der Waals surface area contributed by atoms with E-state index >= 15 is 0 Å². The van der Waals surface area contributed by atoms with Gasteiger partial charge in [0.15, 0.2) is 0 Å². The topological polar surface area (TPSA) is 72.2 Å². The van der Waals surface area contributed by atoms with Crippen LogP contribution in [0.2, 0.25) is 0 Å². The number of nitrogens with one attached hydrogen (secondary N) is 1. The predicted octanol–water partition coefficient (Wildman–Crippen LogP) is 2.67. The summed E-state index contributed by atoms with van der Waals surface area (Å²) in [6, 6.07) is 12.8. The molecule has 0 radical (unpaired) electrons. The van der Waals surface area contributed by atoms with Crippen molar-refractivity contribution in [2.45, 2.75) is 12.3 Å². The summed E-state index contributed by atoms with van der Waals surface area (Å²) in [5.41, 5.74) is 6.95. The van der Waals surface area contributed by atoms with Gasteiger partial charge in [-0.15, -0.1) is 0 Å². The summed E-state index contributed by atoms with van der Waals surface area (Å²) < 4.78 is 12.9. The Kier molecular flexibility index (Phi) is 3.63. The van der Waals surface area contributed by atoms with Gasteiger partial charge in [0.1, 0.15) is 5.82 Å². The van der Waals surface area contributed by atoms with Crippen LogP contribution in [0, 0.1) is 11.7 Å². The van der Waals surface area contributed by atoms with Crippen molar-refractivity contribution in [2.75, 3.05) is 5.32 Å². The Morgan fingerprint density at radius 3 is 2.45 bits per heavy atom. The number of nitrogens with two attached hydrogens (primary N) is 1. The molecule has 3 rings (SSSR count). The van der Waals surface area contributed by atoms with E-state index in [4.69, 9.17) is 5.73 Å². The summed E-state index contributed by atoms with van der Waals surface area (Å²) in [7, 11) is 0. The molecule has 0 heterocycles. The SMILES string of the molecule is NC(=O)c1ccccc1NC(=O)C1CC1c1ccc(F)cc1. The minimum absolute atomic E-state index is 0.0985. The molecule has 1 aliphatic rings. The van der Waals surface area contributed by atoms with Crippen LogP contribution in [0.15, 0.2) is 48.5 Å². The number of halogens is 1. The summed E-state index contributed by atoms with van der Waals surface area (Å²) >= 11 is 0. The first kappa shape index (κ1) is 14.3. The maximum absolute atomic E-state index is 12.9. The van der Waals surface area contributed by atoms with Crippen LogP contribution >= 0.6 is 0 Å². The van der Waals surface area contributed by atoms with Crippen LogP contribution in [-0.2, 0) is 4.79 Å². The summed E-state index contributed by atoms with van der Waals surface area (Å²) in [5, 5.41) is 2.75. The van der Waals surface area contributed by atoms with Gasteiger partial charge in [0, 0.05) is 5.92 Å². The normalized spacial score (nSPS) is 19.5. The third kappa shape index (κ3) is 2.83. The Balaban J connectivity index is 1.69. The molecular weight excluding hydrogens is 283 g/mol. The Labute approximate surface area is 127 Å². The van der Waals surface area contributed by atoms with Gasteiger partial charge in [-0.25, -0.2) is 4.39 Å². The minimum atomic E-state index is -0.582. The molecule has 0 spiro atoms. The quantitative estimate of drug-likeness (QED) is 0.911. The van der Waals surface area contributed by atoms with Crippen LogP contribution in [0.4, 0.5) is 10.1 Å². The smallest absolute Gasteiger partial charge is 0.250 e. The average molecular weight is 298 g/mol. The number of amides is 2. The van der Waals surface area contributed by atoms with Crippen LogP contribution in [-0.4, -0.2) is 11.8 Å². The second-order valence-electron chi connectivity index (χ2n) is 5.40. The van der Waals surface area contributed by atoms with E-state index in [-0.39, 0.29) is 29.1 Å².